The van der Waals surface area contributed by atoms with E-state index < -0.39 is 15.9 Å². The molecule has 1 amide bonds. The number of nitrogens with one attached hydrogen (secondary N) is 2. The zero-order chi connectivity index (χ0) is 22.6. The van der Waals surface area contributed by atoms with Crippen molar-refractivity contribution < 1.29 is 22.7 Å². The van der Waals surface area contributed by atoms with Crippen LogP contribution >= 0.6 is 11.6 Å². The monoisotopic (exact) mass is 460 g/mol. The summed E-state index contributed by atoms with van der Waals surface area (Å²) >= 11 is 5.85. The van der Waals surface area contributed by atoms with E-state index in [0.717, 1.165) is 5.56 Å². The first-order valence-corrected chi connectivity index (χ1v) is 11.0. The predicted octanol–water partition coefficient (Wildman–Crippen LogP) is 4.72. The molecule has 0 atom stereocenters. The van der Waals surface area contributed by atoms with Gasteiger partial charge in [-0.2, -0.15) is 0 Å². The van der Waals surface area contributed by atoms with E-state index in [0.29, 0.717) is 27.7 Å². The fourth-order valence-electron chi connectivity index (χ4n) is 2.86. The lowest BCUT2D eigenvalue weighted by Gasteiger charge is -2.14. The SMILES string of the molecule is COc1cc(C(=O)Nc2ccc(OC)c(S(=O)(=O)Nc3ccc(Cl)cc3)c2)ccc1C. The van der Waals surface area contributed by atoms with Gasteiger partial charge >= 0.3 is 0 Å². The molecule has 0 aliphatic carbocycles. The Bertz CT molecular complexity index is 1210. The van der Waals surface area contributed by atoms with Crippen LogP contribution in [0, 0.1) is 6.92 Å². The van der Waals surface area contributed by atoms with Gasteiger partial charge in [0.2, 0.25) is 0 Å². The van der Waals surface area contributed by atoms with Crippen molar-refractivity contribution in [3.63, 3.8) is 0 Å². The Labute approximate surface area is 186 Å². The number of carbonyl (C=O) groups excluding carboxylic acids is 1. The van der Waals surface area contributed by atoms with Crippen LogP contribution in [0.2, 0.25) is 5.02 Å². The molecular weight excluding hydrogens is 440 g/mol. The van der Waals surface area contributed by atoms with E-state index in [9.17, 15) is 13.2 Å². The van der Waals surface area contributed by atoms with Crippen LogP contribution in [-0.2, 0) is 10.0 Å². The summed E-state index contributed by atoms with van der Waals surface area (Å²) in [5.41, 5.74) is 1.90. The Morgan fingerprint density at radius 2 is 1.52 bits per heavy atom. The second-order valence-electron chi connectivity index (χ2n) is 6.62. The Balaban J connectivity index is 1.89. The molecule has 0 unspecified atom stereocenters. The normalized spacial score (nSPS) is 11.0. The zero-order valence-corrected chi connectivity index (χ0v) is 18.7. The van der Waals surface area contributed by atoms with Crippen LogP contribution in [0.3, 0.4) is 0 Å². The molecule has 9 heteroatoms. The molecule has 0 saturated heterocycles. The van der Waals surface area contributed by atoms with Gasteiger partial charge in [-0.05, 0) is 67.1 Å². The van der Waals surface area contributed by atoms with Gasteiger partial charge in [-0.1, -0.05) is 17.7 Å². The maximum atomic E-state index is 12.9. The largest absolute Gasteiger partial charge is 0.496 e. The zero-order valence-electron chi connectivity index (χ0n) is 17.1. The quantitative estimate of drug-likeness (QED) is 0.532. The minimum atomic E-state index is -4.00. The van der Waals surface area contributed by atoms with Crippen molar-refractivity contribution in [2.24, 2.45) is 0 Å². The van der Waals surface area contributed by atoms with Crippen molar-refractivity contribution in [1.29, 1.82) is 0 Å². The molecule has 0 aromatic heterocycles. The van der Waals surface area contributed by atoms with Gasteiger partial charge in [0.1, 0.15) is 16.4 Å². The van der Waals surface area contributed by atoms with E-state index in [4.69, 9.17) is 21.1 Å². The molecule has 3 aromatic carbocycles. The third-order valence-corrected chi connectivity index (χ3v) is 6.13. The number of halogens is 1. The van der Waals surface area contributed by atoms with Crippen LogP contribution < -0.4 is 19.5 Å². The smallest absolute Gasteiger partial charge is 0.265 e. The van der Waals surface area contributed by atoms with E-state index in [1.54, 1.807) is 48.5 Å². The van der Waals surface area contributed by atoms with E-state index in [1.807, 2.05) is 6.92 Å². The summed E-state index contributed by atoms with van der Waals surface area (Å²) < 4.78 is 38.8. The lowest BCUT2D eigenvalue weighted by Crippen LogP contribution is -2.16. The maximum absolute atomic E-state index is 12.9. The third-order valence-electron chi connectivity index (χ3n) is 4.48. The van der Waals surface area contributed by atoms with Crippen molar-refractivity contribution in [3.05, 3.63) is 76.8 Å². The molecule has 0 spiro atoms. The van der Waals surface area contributed by atoms with Crippen molar-refractivity contribution in [2.75, 3.05) is 24.3 Å². The number of anilines is 2. The van der Waals surface area contributed by atoms with Gasteiger partial charge in [0.15, 0.2) is 0 Å². The first-order valence-electron chi connectivity index (χ1n) is 9.16. The van der Waals surface area contributed by atoms with Gasteiger partial charge in [-0.3, -0.25) is 9.52 Å². The van der Waals surface area contributed by atoms with Gasteiger partial charge < -0.3 is 14.8 Å². The fourth-order valence-corrected chi connectivity index (χ4v) is 4.24. The average molecular weight is 461 g/mol. The van der Waals surface area contributed by atoms with Gasteiger partial charge in [-0.25, -0.2) is 8.42 Å². The van der Waals surface area contributed by atoms with E-state index in [1.165, 1.54) is 26.4 Å². The molecule has 0 fully saturated rings. The summed E-state index contributed by atoms with van der Waals surface area (Å²) in [6, 6.07) is 15.7. The number of sulfonamides is 1. The summed E-state index contributed by atoms with van der Waals surface area (Å²) in [5.74, 6) is 0.312. The first-order chi connectivity index (χ1) is 14.7. The molecule has 3 rings (SSSR count). The molecular formula is C22H21ClN2O5S. The Morgan fingerprint density at radius 3 is 2.16 bits per heavy atom. The topological polar surface area (TPSA) is 93.7 Å². The molecule has 0 aliphatic heterocycles. The number of hydrogen-bond acceptors (Lipinski definition) is 5. The van der Waals surface area contributed by atoms with Gasteiger partial charge in [0, 0.05) is 22.0 Å². The summed E-state index contributed by atoms with van der Waals surface area (Å²) in [6.07, 6.45) is 0. The molecule has 162 valence electrons. The third kappa shape index (κ3) is 5.28. The minimum absolute atomic E-state index is 0.121. The number of rotatable bonds is 7. The molecule has 2 N–H and O–H groups in total. The maximum Gasteiger partial charge on any atom is 0.265 e. The number of hydrogen-bond donors (Lipinski definition) is 2. The standard InChI is InChI=1S/C22H21ClN2O5S/c1-14-4-5-15(12-20(14)30-3)22(26)24-18-10-11-19(29-2)21(13-18)31(27,28)25-17-8-6-16(23)7-9-17/h4-13,25H,1-3H3,(H,24,26). The van der Waals surface area contributed by atoms with Crippen molar-refractivity contribution in [3.8, 4) is 11.5 Å². The number of ether oxygens (including phenoxy) is 2. The molecule has 0 saturated carbocycles. The van der Waals surface area contributed by atoms with Crippen LogP contribution in [0.5, 0.6) is 11.5 Å². The van der Waals surface area contributed by atoms with Crippen LogP contribution in [0.1, 0.15) is 15.9 Å². The highest BCUT2D eigenvalue weighted by Crippen LogP contribution is 2.29. The molecule has 7 nitrogen and oxygen atoms in total. The lowest BCUT2D eigenvalue weighted by molar-refractivity contribution is 0.102. The summed E-state index contributed by atoms with van der Waals surface area (Å²) in [4.78, 5) is 12.5. The number of amides is 1. The molecule has 0 bridgehead atoms. The number of benzene rings is 3. The lowest BCUT2D eigenvalue weighted by atomic mass is 10.1. The van der Waals surface area contributed by atoms with Crippen molar-refractivity contribution in [1.82, 2.24) is 0 Å². The number of methoxy groups -OCH3 is 2. The first kappa shape index (κ1) is 22.5. The van der Waals surface area contributed by atoms with Crippen LogP contribution in [0.25, 0.3) is 0 Å². The Hall–Kier alpha value is -3.23. The highest BCUT2D eigenvalue weighted by Gasteiger charge is 2.21. The Kier molecular flexibility index (Phi) is 6.72. The summed E-state index contributed by atoms with van der Waals surface area (Å²) in [5, 5.41) is 3.19. The molecule has 0 radical (unpaired) electrons. The average Bonchev–Trinajstić information content (AvgIpc) is 2.75. The van der Waals surface area contributed by atoms with Crippen LogP contribution in [-0.4, -0.2) is 28.5 Å². The second-order valence-corrected chi connectivity index (χ2v) is 8.70. The van der Waals surface area contributed by atoms with Crippen LogP contribution in [0.15, 0.2) is 65.6 Å². The van der Waals surface area contributed by atoms with Crippen molar-refractivity contribution in [2.45, 2.75) is 11.8 Å². The summed E-state index contributed by atoms with van der Waals surface area (Å²) in [7, 11) is -1.10. The van der Waals surface area contributed by atoms with E-state index >= 15 is 0 Å². The van der Waals surface area contributed by atoms with Gasteiger partial charge in [0.25, 0.3) is 15.9 Å². The molecule has 0 heterocycles. The number of carbonyl (C=O) groups is 1. The Morgan fingerprint density at radius 1 is 0.871 bits per heavy atom. The molecule has 31 heavy (non-hydrogen) atoms. The number of aryl methyl sites for hydroxylation is 1. The molecule has 3 aromatic rings. The van der Waals surface area contributed by atoms with Gasteiger partial charge in [0.05, 0.1) is 14.2 Å². The van der Waals surface area contributed by atoms with Crippen molar-refractivity contribution >= 4 is 38.9 Å². The van der Waals surface area contributed by atoms with Crippen LogP contribution in [0.4, 0.5) is 11.4 Å². The highest BCUT2D eigenvalue weighted by atomic mass is 35.5. The van der Waals surface area contributed by atoms with E-state index in [2.05, 4.69) is 10.0 Å². The van der Waals surface area contributed by atoms with Gasteiger partial charge in [-0.15, -0.1) is 0 Å². The fraction of sp³-hybridized carbons (Fsp3) is 0.136. The van der Waals surface area contributed by atoms with E-state index in [-0.39, 0.29) is 10.6 Å². The predicted molar refractivity (Wildman–Crippen MR) is 121 cm³/mol. The second kappa shape index (κ2) is 9.28. The minimum Gasteiger partial charge on any atom is -0.496 e. The highest BCUT2D eigenvalue weighted by molar-refractivity contribution is 7.92. The summed E-state index contributed by atoms with van der Waals surface area (Å²) in [6.45, 7) is 1.87. The molecule has 0 aliphatic rings.